The zero-order valence-electron chi connectivity index (χ0n) is 40.4. The van der Waals surface area contributed by atoms with Gasteiger partial charge in [0.2, 0.25) is 0 Å². The molecule has 0 aliphatic carbocycles. The summed E-state index contributed by atoms with van der Waals surface area (Å²) in [5, 5.41) is 0. The van der Waals surface area contributed by atoms with E-state index in [0.717, 1.165) is 0 Å². The van der Waals surface area contributed by atoms with Gasteiger partial charge in [-0.1, -0.05) is 6.92 Å². The second kappa shape index (κ2) is 37.6. The van der Waals surface area contributed by atoms with Crippen LogP contribution in [0.15, 0.2) is 34.0 Å². The Bertz CT molecular complexity index is 4210. The molecule has 1 aromatic heterocycles. The predicted molar refractivity (Wildman–Crippen MR) is 378 cm³/mol. The minimum atomic E-state index is -0.769. The molecular weight excluding hydrogens is 965 g/mol. The minimum absolute atomic E-state index is 0. The summed E-state index contributed by atoms with van der Waals surface area (Å²) in [6.45, 7) is 3.13. The van der Waals surface area contributed by atoms with Crippen molar-refractivity contribution in [3.05, 3.63) is 56.4 Å². The number of esters is 2. The third-order valence-corrected chi connectivity index (χ3v) is 8.03. The van der Waals surface area contributed by atoms with Gasteiger partial charge in [0, 0.05) is 229 Å². The van der Waals surface area contributed by atoms with E-state index in [1.54, 1.807) is 6.92 Å². The molecule has 3 rings (SSSR count). The summed E-state index contributed by atoms with van der Waals surface area (Å²) in [6, 6.07) is 4.50. The first-order valence-electron chi connectivity index (χ1n) is 21.5. The van der Waals surface area contributed by atoms with E-state index in [1.165, 1.54) is 29.0 Å². The Morgan fingerprint density at radius 2 is 0.935 bits per heavy atom. The van der Waals surface area contributed by atoms with Crippen LogP contribution < -0.4 is 20.7 Å². The van der Waals surface area contributed by atoms with Crippen molar-refractivity contribution in [2.45, 2.75) is 64.6 Å². The van der Waals surface area contributed by atoms with E-state index in [1.807, 2.05) is 6.92 Å². The lowest BCUT2D eigenvalue weighted by Crippen LogP contribution is -2.33. The molecule has 3 unspecified atom stereocenters. The molecule has 1 aliphatic rings. The van der Waals surface area contributed by atoms with E-state index in [2.05, 4.69) is 254 Å². The van der Waals surface area contributed by atoms with Gasteiger partial charge in [-0.25, -0.2) is 4.79 Å². The van der Waals surface area contributed by atoms with Crippen molar-refractivity contribution in [2.24, 2.45) is 0 Å². The summed E-state index contributed by atoms with van der Waals surface area (Å²) in [5.74, 6) is 97.0. The predicted octanol–water partition coefficient (Wildman–Crippen LogP) is 12.8. The van der Waals surface area contributed by atoms with Gasteiger partial charge >= 0.3 is 17.6 Å². The molecule has 11 heteroatoms. The molecule has 0 bridgehead atoms. The number of hydrogen-bond donors (Lipinski definition) is 1. The molecule has 0 saturated carbocycles. The van der Waals surface area contributed by atoms with Crippen LogP contribution in [0.5, 0.6) is 11.5 Å². The second-order valence-electron chi connectivity index (χ2n) is 13.2. The fourth-order valence-electron chi connectivity index (χ4n) is 5.01. The summed E-state index contributed by atoms with van der Waals surface area (Å²) in [7, 11) is 0. The SMILES string of the molecule is C#CC#CC#CC#CC#CC#CC#CC#CC#CC#CC#COc1cc(COC(=O)CCC(=O)OC2CC(n3cc(C)c(=O)[nH]c3=O)OC2CC)cc(OC#CC#CC#CC#CC#CC#CC#CC#CC#CC#CC#C)c1.[HH].[HH].[HH].[HH].[HH].[HH].[HH].[HH].[HH].[HH].[HH].[HH].[HH].[HH].[HH].[HH].[HH].[HH].[HH].[HH].[HH].[HH].[HH].[HH].[HH].[HH].[HH].[HH].[HH].[HH].[HH].[HH].[HH].[HH].[HH].[HH].[HH].[HH].[HH].[HH].[HH].[HH].[HH].[HH]. The first-order chi connectivity index (χ1) is 37.7. The topological polar surface area (TPSA) is 135 Å². The van der Waals surface area contributed by atoms with Crippen molar-refractivity contribution in [2.75, 3.05) is 0 Å². The average Bonchev–Trinajstić information content (AvgIpc) is 1.70. The Labute approximate surface area is 512 Å². The fraction of sp³-hybridized carbons (Fsp3) is 0.152. The zero-order chi connectivity index (χ0) is 55.2. The lowest BCUT2D eigenvalue weighted by atomic mass is 10.1. The number of ether oxygens (including phenoxy) is 5. The van der Waals surface area contributed by atoms with Gasteiger partial charge in [-0.05, 0) is 126 Å². The van der Waals surface area contributed by atoms with E-state index >= 15 is 0 Å². The summed E-state index contributed by atoms with van der Waals surface area (Å²) in [5.41, 5.74) is -0.445. The molecule has 2 heterocycles. The highest BCUT2D eigenvalue weighted by Crippen LogP contribution is 2.32. The van der Waals surface area contributed by atoms with Crippen molar-refractivity contribution in [1.29, 1.82) is 0 Å². The molecule has 2 aromatic rings. The van der Waals surface area contributed by atoms with Crippen molar-refractivity contribution < 1.29 is 96.0 Å². The smallest absolute Gasteiger partial charge is 0.330 e. The zero-order valence-corrected chi connectivity index (χ0v) is 40.4. The van der Waals surface area contributed by atoms with Gasteiger partial charge in [0.15, 0.2) is 0 Å². The number of aryl methyl sites for hydroxylation is 1. The number of H-pyrrole nitrogens is 1. The van der Waals surface area contributed by atoms with E-state index in [-0.39, 0.29) is 100 Å². The van der Waals surface area contributed by atoms with Gasteiger partial charge in [-0.2, -0.15) is 0 Å². The van der Waals surface area contributed by atoms with Crippen LogP contribution in [0.2, 0.25) is 0 Å². The molecular formula is C66H114N2O9. The van der Waals surface area contributed by atoms with Crippen molar-refractivity contribution in [1.82, 2.24) is 9.55 Å². The molecule has 0 amide bonds. The van der Waals surface area contributed by atoms with Crippen LogP contribution in [0, 0.1) is 269 Å². The summed E-state index contributed by atoms with van der Waals surface area (Å²) < 4.78 is 29.3. The van der Waals surface area contributed by atoms with Gasteiger partial charge in [0.25, 0.3) is 5.56 Å². The van der Waals surface area contributed by atoms with Crippen LogP contribution in [-0.4, -0.2) is 33.7 Å². The van der Waals surface area contributed by atoms with Crippen LogP contribution in [0.1, 0.15) is 113 Å². The van der Waals surface area contributed by atoms with Crippen molar-refractivity contribution >= 4 is 11.9 Å². The highest BCUT2D eigenvalue weighted by Gasteiger charge is 2.38. The van der Waals surface area contributed by atoms with Crippen molar-refractivity contribution in [3.63, 3.8) is 0 Å². The Balaban J connectivity index is -0.0000000355. The molecule has 1 fully saturated rings. The van der Waals surface area contributed by atoms with E-state index < -0.39 is 41.6 Å². The number of nitrogens with zero attached hydrogens (tertiary/aromatic N) is 1. The molecule has 1 saturated heterocycles. The number of carbonyl (C=O) groups excluding carboxylic acids is 2. The number of nitrogens with one attached hydrogen (secondary N) is 1. The molecule has 1 aromatic carbocycles. The Morgan fingerprint density at radius 3 is 1.31 bits per heavy atom. The number of terminal acetylenes is 2. The lowest BCUT2D eigenvalue weighted by Gasteiger charge is -2.17. The largest absolute Gasteiger partial charge is 0.461 e. The minimum Gasteiger partial charge on any atom is -0.461 e. The van der Waals surface area contributed by atoms with E-state index in [4.69, 9.17) is 36.5 Å². The van der Waals surface area contributed by atoms with Crippen LogP contribution in [0.3, 0.4) is 0 Å². The van der Waals surface area contributed by atoms with E-state index in [0.29, 0.717) is 17.5 Å². The summed E-state index contributed by atoms with van der Waals surface area (Å²) in [4.78, 5) is 52.1. The van der Waals surface area contributed by atoms with Gasteiger partial charge in [0.05, 0.1) is 18.9 Å². The summed E-state index contributed by atoms with van der Waals surface area (Å²) in [6.07, 6.45) is 14.2. The molecule has 11 nitrogen and oxygen atoms in total. The lowest BCUT2D eigenvalue weighted by molar-refractivity contribution is -0.156. The van der Waals surface area contributed by atoms with Crippen LogP contribution in [-0.2, 0) is 30.4 Å². The highest BCUT2D eigenvalue weighted by molar-refractivity contribution is 5.77. The number of carbonyl (C=O) groups is 2. The number of benzene rings is 1. The van der Waals surface area contributed by atoms with Crippen LogP contribution >= 0.6 is 0 Å². The first-order valence-corrected chi connectivity index (χ1v) is 21.5. The van der Waals surface area contributed by atoms with Crippen molar-refractivity contribution in [3.8, 4) is 273 Å². The normalized spacial score (nSPS) is 10.9. The van der Waals surface area contributed by atoms with Gasteiger partial charge < -0.3 is 23.7 Å². The molecule has 3 atom stereocenters. The third-order valence-electron chi connectivity index (χ3n) is 8.03. The second-order valence-corrected chi connectivity index (χ2v) is 13.2. The number of rotatable bonds is 10. The number of aromatic nitrogens is 2. The molecule has 0 radical (unpaired) electrons. The molecule has 1 aliphatic heterocycles. The maximum absolute atomic E-state index is 12.8. The molecule has 77 heavy (non-hydrogen) atoms. The fourth-order valence-corrected chi connectivity index (χ4v) is 5.01. The monoisotopic (exact) mass is 1080 g/mol. The van der Waals surface area contributed by atoms with Crippen LogP contribution in [0.25, 0.3) is 0 Å². The Morgan fingerprint density at radius 1 is 0.571 bits per heavy atom. The van der Waals surface area contributed by atoms with Gasteiger partial charge in [0.1, 0.15) is 42.7 Å². The Kier molecular flexibility index (Phi) is 28.3. The standard InChI is InChI=1S/C66H26N2O9.44H2/c1-5-8-10-12-14-16-18-20-22-24-26-28-30-32-34-36-38-40-42-44-48-73-58-50-57(51-59(52-58)74-49-45-43-41-39-37-35-33-31-29-27-25-23-21-19-17-15-13-11-9-6-2)55-75-63(69)46-47-64(70)77-61-53-62(76-60(61)7-3)68-54-56(4)65(71)67-66(68)72;;;;;;;;;;;;;;;;;;;;;;;;;;;;;;;;;;;;;;;;;;;;/h1-2,50-52,54,60-62H,7,46-47,53,55H2,3-4H3,(H,67,71,72);44*1H. The highest BCUT2D eigenvalue weighted by atomic mass is 16.6. The van der Waals surface area contributed by atoms with Gasteiger partial charge in [-0.15, -0.1) is 12.8 Å². The quantitative estimate of drug-likeness (QED) is 0.182. The first kappa shape index (κ1) is 58.0. The summed E-state index contributed by atoms with van der Waals surface area (Å²) >= 11 is 0. The van der Waals surface area contributed by atoms with Gasteiger partial charge in [-0.3, -0.25) is 23.9 Å². The average molecular weight is 1080 g/mol. The molecule has 0 spiro atoms. The molecule has 442 valence electrons. The van der Waals surface area contributed by atoms with E-state index in [9.17, 15) is 19.2 Å². The number of hydrogen-bond acceptors (Lipinski definition) is 9. The van der Waals surface area contributed by atoms with Crippen LogP contribution in [0.4, 0.5) is 0 Å². The maximum Gasteiger partial charge on any atom is 0.330 e. The maximum atomic E-state index is 12.8. The molecule has 1 N–H and O–H groups in total. The number of aromatic amines is 1. The third kappa shape index (κ3) is 26.9. The Hall–Kier alpha value is -13.3.